The van der Waals surface area contributed by atoms with E-state index >= 15 is 0 Å². The molecule has 2 aliphatic heterocycles. The van der Waals surface area contributed by atoms with Crippen LogP contribution in [0.15, 0.2) is 59.8 Å². The first-order valence-electron chi connectivity index (χ1n) is 13.4. The van der Waals surface area contributed by atoms with E-state index in [1.165, 1.54) is 11.1 Å². The largest absolute Gasteiger partial charge is 0.478 e. The zero-order chi connectivity index (χ0) is 27.8. The van der Waals surface area contributed by atoms with Crippen molar-refractivity contribution in [2.24, 2.45) is 0 Å². The molecule has 0 spiro atoms. The second-order valence-electron chi connectivity index (χ2n) is 12.1. The Bertz CT molecular complexity index is 908. The summed E-state index contributed by atoms with van der Waals surface area (Å²) < 4.78 is 18.6. The van der Waals surface area contributed by atoms with Gasteiger partial charge in [0, 0.05) is 6.08 Å². The van der Waals surface area contributed by atoms with Crippen LogP contribution in [0.4, 0.5) is 0 Å². The van der Waals surface area contributed by atoms with Crippen LogP contribution in [0.1, 0.15) is 66.7 Å². The summed E-state index contributed by atoms with van der Waals surface area (Å²) in [7, 11) is -2.00. The van der Waals surface area contributed by atoms with E-state index in [1.54, 1.807) is 6.08 Å². The lowest BCUT2D eigenvalue weighted by atomic mass is 9.95. The number of hydrogen-bond donors (Lipinski definition) is 2. The van der Waals surface area contributed by atoms with Crippen molar-refractivity contribution in [3.63, 3.8) is 0 Å². The summed E-state index contributed by atoms with van der Waals surface area (Å²) in [5.74, 6) is -0.953. The molecule has 0 aromatic heterocycles. The molecule has 6 nitrogen and oxygen atoms in total. The maximum atomic E-state index is 10.8. The molecule has 208 valence electrons. The molecule has 2 rings (SSSR count). The number of aliphatic carboxylic acids is 1. The monoisotopic (exact) mass is 532 g/mol. The van der Waals surface area contributed by atoms with Crippen molar-refractivity contribution in [1.29, 1.82) is 0 Å². The van der Waals surface area contributed by atoms with Gasteiger partial charge in [-0.2, -0.15) is 0 Å². The molecule has 1 unspecified atom stereocenters. The first-order chi connectivity index (χ1) is 17.2. The number of ether oxygens (including phenoxy) is 2. The SMILES string of the molecule is C=C1C[C@H](C/C=C/C(C/C(C)=C\C=C\C(=O)O)O[Si](C)(C)C(C)(C)C)O[C@H](/C=C(\C)C[C@H]2O[C@@H]2CO)C1. The van der Waals surface area contributed by atoms with Gasteiger partial charge in [-0.25, -0.2) is 4.79 Å². The van der Waals surface area contributed by atoms with Crippen LogP contribution >= 0.6 is 0 Å². The fourth-order valence-corrected chi connectivity index (χ4v) is 5.53. The molecule has 0 radical (unpaired) electrons. The quantitative estimate of drug-likeness (QED) is 0.0925. The fourth-order valence-electron chi connectivity index (χ4n) is 4.26. The van der Waals surface area contributed by atoms with E-state index in [-0.39, 0.29) is 42.2 Å². The van der Waals surface area contributed by atoms with E-state index in [9.17, 15) is 9.90 Å². The molecular formula is C30H48O6Si. The molecule has 0 amide bonds. The minimum Gasteiger partial charge on any atom is -0.478 e. The van der Waals surface area contributed by atoms with Gasteiger partial charge in [-0.3, -0.25) is 0 Å². The third-order valence-electron chi connectivity index (χ3n) is 7.38. The van der Waals surface area contributed by atoms with Gasteiger partial charge in [0.05, 0.1) is 31.0 Å². The Morgan fingerprint density at radius 1 is 1.19 bits per heavy atom. The Hall–Kier alpha value is -1.77. The van der Waals surface area contributed by atoms with Crippen LogP contribution in [0, 0.1) is 0 Å². The standard InChI is InChI=1S/C30H48O6Si/c1-21(11-9-14-29(32)33)15-25(36-37(7,8)30(4,5)6)13-10-12-24-16-22(2)17-26(34-24)18-23(3)19-27-28(20-31)35-27/h9-11,13-14,18,24-28,31H,2,12,15-17,19-20H2,1,3-8H3,(H,32,33)/b13-10+,14-9+,21-11-,23-18+/t24-,25?,26-,27+,28+/m0/s1. The lowest BCUT2D eigenvalue weighted by Gasteiger charge is -2.39. The van der Waals surface area contributed by atoms with Crippen LogP contribution in [0.5, 0.6) is 0 Å². The third kappa shape index (κ3) is 11.2. The number of allylic oxidation sites excluding steroid dienone is 2. The molecule has 0 bridgehead atoms. The van der Waals surface area contributed by atoms with Gasteiger partial charge in [0.1, 0.15) is 6.10 Å². The first-order valence-corrected chi connectivity index (χ1v) is 16.3. The molecule has 0 aromatic rings. The van der Waals surface area contributed by atoms with Gasteiger partial charge in [-0.05, 0) is 64.1 Å². The van der Waals surface area contributed by atoms with E-state index < -0.39 is 14.3 Å². The molecule has 2 fully saturated rings. The summed E-state index contributed by atoms with van der Waals surface area (Å²) in [6.45, 7) is 19.6. The summed E-state index contributed by atoms with van der Waals surface area (Å²) in [6.07, 6.45) is 15.1. The van der Waals surface area contributed by atoms with Gasteiger partial charge in [0.25, 0.3) is 0 Å². The molecule has 0 aromatic carbocycles. The van der Waals surface area contributed by atoms with E-state index in [1.807, 2.05) is 13.0 Å². The molecule has 2 aliphatic rings. The highest BCUT2D eigenvalue weighted by molar-refractivity contribution is 6.74. The average Bonchev–Trinajstić information content (AvgIpc) is 3.49. The minimum atomic E-state index is -2.00. The number of aliphatic hydroxyl groups is 1. The van der Waals surface area contributed by atoms with Crippen LogP contribution in [-0.4, -0.2) is 61.6 Å². The number of carboxylic acid groups (broad SMARTS) is 1. The van der Waals surface area contributed by atoms with Crippen molar-refractivity contribution in [2.45, 2.75) is 115 Å². The zero-order valence-corrected chi connectivity index (χ0v) is 24.8. The van der Waals surface area contributed by atoms with Gasteiger partial charge in [-0.15, -0.1) is 0 Å². The molecule has 2 heterocycles. The number of rotatable bonds is 13. The van der Waals surface area contributed by atoms with Crippen LogP contribution in [-0.2, 0) is 18.7 Å². The minimum absolute atomic E-state index is 0.0106. The highest BCUT2D eigenvalue weighted by atomic mass is 28.4. The highest BCUT2D eigenvalue weighted by Gasteiger charge is 2.39. The topological polar surface area (TPSA) is 88.5 Å². The summed E-state index contributed by atoms with van der Waals surface area (Å²) >= 11 is 0. The second-order valence-corrected chi connectivity index (χ2v) is 16.8. The van der Waals surface area contributed by atoms with Crippen molar-refractivity contribution in [3.05, 3.63) is 59.8 Å². The fraction of sp³-hybridized carbons (Fsp3) is 0.633. The van der Waals surface area contributed by atoms with E-state index in [2.05, 4.69) is 65.6 Å². The zero-order valence-electron chi connectivity index (χ0n) is 23.8. The molecular weight excluding hydrogens is 484 g/mol. The molecule has 5 atom stereocenters. The Morgan fingerprint density at radius 2 is 1.89 bits per heavy atom. The van der Waals surface area contributed by atoms with Crippen LogP contribution in [0.25, 0.3) is 0 Å². The molecule has 2 N–H and O–H groups in total. The Morgan fingerprint density at radius 3 is 2.49 bits per heavy atom. The first kappa shape index (κ1) is 31.4. The number of aliphatic hydroxyl groups excluding tert-OH is 1. The van der Waals surface area contributed by atoms with Gasteiger partial charge >= 0.3 is 5.97 Å². The molecule has 0 saturated carbocycles. The maximum absolute atomic E-state index is 10.8. The van der Waals surface area contributed by atoms with Gasteiger partial charge in [-0.1, -0.05) is 74.4 Å². The van der Waals surface area contributed by atoms with E-state index in [0.717, 1.165) is 37.3 Å². The lowest BCUT2D eigenvalue weighted by Crippen LogP contribution is -2.43. The van der Waals surface area contributed by atoms with Gasteiger partial charge < -0.3 is 24.1 Å². The smallest absolute Gasteiger partial charge is 0.328 e. The van der Waals surface area contributed by atoms with Crippen molar-refractivity contribution >= 4 is 14.3 Å². The molecule has 2 saturated heterocycles. The normalized spacial score (nSPS) is 26.8. The average molecular weight is 533 g/mol. The van der Waals surface area contributed by atoms with Crippen LogP contribution in [0.3, 0.4) is 0 Å². The maximum Gasteiger partial charge on any atom is 0.328 e. The summed E-state index contributed by atoms with van der Waals surface area (Å²) in [6, 6.07) is 0. The summed E-state index contributed by atoms with van der Waals surface area (Å²) in [4.78, 5) is 10.8. The van der Waals surface area contributed by atoms with E-state index in [0.29, 0.717) is 6.42 Å². The van der Waals surface area contributed by atoms with Crippen LogP contribution in [0.2, 0.25) is 18.1 Å². The Labute approximate surface area is 224 Å². The predicted molar refractivity (Wildman–Crippen MR) is 152 cm³/mol. The third-order valence-corrected chi connectivity index (χ3v) is 11.9. The molecule has 37 heavy (non-hydrogen) atoms. The van der Waals surface area contributed by atoms with Crippen molar-refractivity contribution in [3.8, 4) is 0 Å². The number of carbonyl (C=O) groups is 1. The van der Waals surface area contributed by atoms with Gasteiger partial charge in [0.2, 0.25) is 0 Å². The Kier molecular flexibility index (Phi) is 11.8. The summed E-state index contributed by atoms with van der Waals surface area (Å²) in [5.41, 5.74) is 3.49. The highest BCUT2D eigenvalue weighted by Crippen LogP contribution is 2.38. The van der Waals surface area contributed by atoms with Crippen LogP contribution < -0.4 is 0 Å². The Balaban J connectivity index is 2.03. The molecule has 0 aliphatic carbocycles. The van der Waals surface area contributed by atoms with E-state index in [4.69, 9.17) is 19.0 Å². The second kappa shape index (κ2) is 13.9. The van der Waals surface area contributed by atoms with Crippen molar-refractivity contribution < 1.29 is 28.9 Å². The lowest BCUT2D eigenvalue weighted by molar-refractivity contribution is -0.131. The summed E-state index contributed by atoms with van der Waals surface area (Å²) in [5, 5.41) is 18.1. The van der Waals surface area contributed by atoms with Crippen molar-refractivity contribution in [1.82, 2.24) is 0 Å². The predicted octanol–water partition coefficient (Wildman–Crippen LogP) is 6.50. The van der Waals surface area contributed by atoms with Crippen molar-refractivity contribution in [2.75, 3.05) is 6.61 Å². The van der Waals surface area contributed by atoms with Gasteiger partial charge in [0.15, 0.2) is 8.32 Å². The number of hydrogen-bond acceptors (Lipinski definition) is 5. The number of epoxide rings is 1. The number of carboxylic acids is 1. The molecule has 7 heteroatoms.